The Hall–Kier alpha value is -2.11. The van der Waals surface area contributed by atoms with Gasteiger partial charge in [0.15, 0.2) is 0 Å². The number of benzene rings is 2. The van der Waals surface area contributed by atoms with Crippen molar-refractivity contribution in [3.8, 4) is 0 Å². The van der Waals surface area contributed by atoms with E-state index in [1.807, 2.05) is 0 Å². The van der Waals surface area contributed by atoms with Crippen molar-refractivity contribution >= 4 is 29.5 Å². The van der Waals surface area contributed by atoms with Gasteiger partial charge < -0.3 is 4.55 Å². The minimum atomic E-state index is -0.315. The summed E-state index contributed by atoms with van der Waals surface area (Å²) in [5.41, 5.74) is 1.35. The maximum absolute atomic E-state index is 12.2. The van der Waals surface area contributed by atoms with E-state index in [-0.39, 0.29) is 11.8 Å². The number of imide groups is 1. The second-order valence-corrected chi connectivity index (χ2v) is 4.73. The normalized spacial score (nSPS) is 13.8. The molecule has 2 aromatic carbocycles. The van der Waals surface area contributed by atoms with Crippen LogP contribution in [0.3, 0.4) is 0 Å². The van der Waals surface area contributed by atoms with Crippen LogP contribution in [-0.2, 0) is 0 Å². The van der Waals surface area contributed by atoms with Crippen molar-refractivity contribution in [3.05, 3.63) is 59.7 Å². The summed E-state index contributed by atoms with van der Waals surface area (Å²) in [6.45, 7) is 0. The van der Waals surface area contributed by atoms with Gasteiger partial charge in [0, 0.05) is 16.9 Å². The fourth-order valence-corrected chi connectivity index (χ4v) is 2.34. The first-order valence-corrected chi connectivity index (χ1v) is 6.39. The molecular formula is C14H9NO3S. The van der Waals surface area contributed by atoms with E-state index >= 15 is 0 Å². The summed E-state index contributed by atoms with van der Waals surface area (Å²) in [4.78, 5) is 26.2. The summed E-state index contributed by atoms with van der Waals surface area (Å²) in [6.07, 6.45) is 0. The Morgan fingerprint density at radius 3 is 1.84 bits per heavy atom. The average molecular weight is 271 g/mol. The summed E-state index contributed by atoms with van der Waals surface area (Å²) in [6, 6.07) is 13.4. The van der Waals surface area contributed by atoms with Crippen molar-refractivity contribution in [3.63, 3.8) is 0 Å². The predicted molar refractivity (Wildman–Crippen MR) is 72.5 cm³/mol. The lowest BCUT2D eigenvalue weighted by atomic mass is 10.1. The molecule has 0 saturated heterocycles. The van der Waals surface area contributed by atoms with Crippen molar-refractivity contribution in [1.82, 2.24) is 0 Å². The van der Waals surface area contributed by atoms with E-state index < -0.39 is 0 Å². The number of carbonyl (C=O) groups excluding carboxylic acids is 2. The third kappa shape index (κ3) is 1.83. The molecule has 0 spiro atoms. The Kier molecular flexibility index (Phi) is 2.85. The molecule has 2 amide bonds. The Morgan fingerprint density at radius 1 is 0.842 bits per heavy atom. The summed E-state index contributed by atoms with van der Waals surface area (Å²) in [7, 11) is 0. The first kappa shape index (κ1) is 12.0. The molecule has 19 heavy (non-hydrogen) atoms. The van der Waals surface area contributed by atoms with Gasteiger partial charge in [0.1, 0.15) is 0 Å². The topological polar surface area (TPSA) is 57.6 Å². The number of carbonyl (C=O) groups is 2. The Bertz CT molecular complexity index is 632. The van der Waals surface area contributed by atoms with Crippen LogP contribution >= 0.6 is 12.0 Å². The van der Waals surface area contributed by atoms with Crippen LogP contribution in [0.4, 0.5) is 5.69 Å². The molecule has 4 nitrogen and oxygen atoms in total. The molecule has 0 aliphatic carbocycles. The molecule has 0 unspecified atom stereocenters. The van der Waals surface area contributed by atoms with Crippen LogP contribution in [-0.4, -0.2) is 16.4 Å². The molecule has 1 aliphatic rings. The van der Waals surface area contributed by atoms with E-state index in [1.54, 1.807) is 48.5 Å². The van der Waals surface area contributed by atoms with Gasteiger partial charge in [0.25, 0.3) is 11.8 Å². The first-order valence-electron chi connectivity index (χ1n) is 5.61. The third-order valence-electron chi connectivity index (χ3n) is 2.99. The van der Waals surface area contributed by atoms with Crippen LogP contribution in [0.15, 0.2) is 53.4 Å². The molecule has 0 saturated carbocycles. The zero-order valence-corrected chi connectivity index (χ0v) is 10.6. The van der Waals surface area contributed by atoms with Crippen LogP contribution in [0.25, 0.3) is 0 Å². The van der Waals surface area contributed by atoms with Gasteiger partial charge in [-0.05, 0) is 36.4 Å². The molecule has 0 bridgehead atoms. The van der Waals surface area contributed by atoms with Gasteiger partial charge in [-0.1, -0.05) is 12.1 Å². The summed E-state index contributed by atoms with van der Waals surface area (Å²) in [5.74, 6) is -0.630. The van der Waals surface area contributed by atoms with Crippen LogP contribution in [0.1, 0.15) is 20.7 Å². The lowest BCUT2D eigenvalue weighted by Crippen LogP contribution is -2.29. The molecule has 0 atom stereocenters. The zero-order valence-electron chi connectivity index (χ0n) is 9.74. The van der Waals surface area contributed by atoms with Crippen LogP contribution in [0.2, 0.25) is 0 Å². The molecular weight excluding hydrogens is 262 g/mol. The molecule has 0 aromatic heterocycles. The van der Waals surface area contributed by atoms with E-state index in [0.29, 0.717) is 33.8 Å². The van der Waals surface area contributed by atoms with E-state index in [2.05, 4.69) is 0 Å². The van der Waals surface area contributed by atoms with Gasteiger partial charge in [0.2, 0.25) is 0 Å². The Morgan fingerprint density at radius 2 is 1.37 bits per heavy atom. The maximum atomic E-state index is 12.2. The number of hydrogen-bond acceptors (Lipinski definition) is 4. The van der Waals surface area contributed by atoms with Gasteiger partial charge >= 0.3 is 0 Å². The number of hydrogen-bond donors (Lipinski definition) is 1. The smallest absolute Gasteiger partial charge is 0.266 e. The molecule has 1 N–H and O–H groups in total. The summed E-state index contributed by atoms with van der Waals surface area (Å²) >= 11 is 0.621. The fourth-order valence-electron chi connectivity index (χ4n) is 2.08. The van der Waals surface area contributed by atoms with Crippen molar-refractivity contribution in [2.75, 3.05) is 4.90 Å². The van der Waals surface area contributed by atoms with Crippen LogP contribution < -0.4 is 4.90 Å². The number of fused-ring (bicyclic) bond motifs is 1. The van der Waals surface area contributed by atoms with E-state index in [0.717, 1.165) is 4.90 Å². The predicted octanol–water partition coefficient (Wildman–Crippen LogP) is 3.05. The monoisotopic (exact) mass is 271 g/mol. The van der Waals surface area contributed by atoms with Gasteiger partial charge in [-0.25, -0.2) is 4.90 Å². The highest BCUT2D eigenvalue weighted by Crippen LogP contribution is 2.29. The number of rotatable bonds is 2. The summed E-state index contributed by atoms with van der Waals surface area (Å²) < 4.78 is 8.91. The highest BCUT2D eigenvalue weighted by atomic mass is 32.2. The Labute approximate surface area is 113 Å². The van der Waals surface area contributed by atoms with Crippen molar-refractivity contribution in [2.24, 2.45) is 0 Å². The highest BCUT2D eigenvalue weighted by molar-refractivity contribution is 7.93. The SMILES string of the molecule is O=C1c2ccccc2C(=O)N1c1ccc(SO)cc1. The van der Waals surface area contributed by atoms with Crippen molar-refractivity contribution in [2.45, 2.75) is 4.90 Å². The lowest BCUT2D eigenvalue weighted by molar-refractivity contribution is 0.0926. The number of nitrogens with zero attached hydrogens (tertiary/aromatic N) is 1. The molecule has 5 heteroatoms. The van der Waals surface area contributed by atoms with Crippen LogP contribution in [0.5, 0.6) is 0 Å². The largest absolute Gasteiger partial charge is 0.325 e. The Balaban J connectivity index is 2.03. The molecule has 1 aliphatic heterocycles. The molecule has 0 radical (unpaired) electrons. The van der Waals surface area contributed by atoms with E-state index in [1.165, 1.54) is 0 Å². The van der Waals surface area contributed by atoms with Crippen LogP contribution in [0, 0.1) is 0 Å². The zero-order chi connectivity index (χ0) is 13.4. The molecule has 3 rings (SSSR count). The van der Waals surface area contributed by atoms with Crippen molar-refractivity contribution in [1.29, 1.82) is 0 Å². The number of amides is 2. The standard InChI is InChI=1S/C14H9NO3S/c16-13-11-3-1-2-4-12(11)14(17)15(13)9-5-7-10(19-18)8-6-9/h1-8,18H. The molecule has 0 fully saturated rings. The quantitative estimate of drug-likeness (QED) is 0.673. The first-order chi connectivity index (χ1) is 9.22. The average Bonchev–Trinajstić information content (AvgIpc) is 2.72. The number of anilines is 1. The minimum absolute atomic E-state index is 0.315. The third-order valence-corrected chi connectivity index (χ3v) is 3.48. The molecule has 94 valence electrons. The minimum Gasteiger partial charge on any atom is -0.325 e. The summed E-state index contributed by atoms with van der Waals surface area (Å²) in [5, 5.41) is 0. The highest BCUT2D eigenvalue weighted by Gasteiger charge is 2.36. The van der Waals surface area contributed by atoms with Gasteiger partial charge in [0.05, 0.1) is 16.8 Å². The van der Waals surface area contributed by atoms with Crippen molar-refractivity contribution < 1.29 is 14.1 Å². The lowest BCUT2D eigenvalue weighted by Gasteiger charge is -2.13. The van der Waals surface area contributed by atoms with Gasteiger partial charge in [-0.2, -0.15) is 0 Å². The van der Waals surface area contributed by atoms with Gasteiger partial charge in [-0.15, -0.1) is 0 Å². The molecule has 2 aromatic rings. The van der Waals surface area contributed by atoms with E-state index in [9.17, 15) is 9.59 Å². The second kappa shape index (κ2) is 4.53. The fraction of sp³-hybridized carbons (Fsp3) is 0. The van der Waals surface area contributed by atoms with Gasteiger partial charge in [-0.3, -0.25) is 9.59 Å². The maximum Gasteiger partial charge on any atom is 0.266 e. The second-order valence-electron chi connectivity index (χ2n) is 4.08. The van der Waals surface area contributed by atoms with E-state index in [4.69, 9.17) is 4.55 Å². The molecule has 1 heterocycles.